The molecule has 2 bridgehead atoms. The summed E-state index contributed by atoms with van der Waals surface area (Å²) < 4.78 is 38.3. The summed E-state index contributed by atoms with van der Waals surface area (Å²) >= 11 is 0. The van der Waals surface area contributed by atoms with Crippen LogP contribution >= 0.6 is 0 Å². The summed E-state index contributed by atoms with van der Waals surface area (Å²) in [5.41, 5.74) is 1.17. The van der Waals surface area contributed by atoms with Gasteiger partial charge in [-0.15, -0.1) is 0 Å². The molecule has 154 valence electrons. The lowest BCUT2D eigenvalue weighted by atomic mass is 9.82. The third-order valence-corrected chi connectivity index (χ3v) is 6.85. The average Bonchev–Trinajstić information content (AvgIpc) is 3.05. The number of amides is 1. The SMILES string of the molecule is CS(=O)(=O)NC1CCN2C(=O)COc3ccccc3C3CCC(CC3)OC[C@@H]12. The molecule has 1 amide bonds. The summed E-state index contributed by atoms with van der Waals surface area (Å²) in [6, 6.07) is 7.34. The molecule has 1 aromatic carbocycles. The Morgan fingerprint density at radius 3 is 2.61 bits per heavy atom. The van der Waals surface area contributed by atoms with E-state index in [0.717, 1.165) is 37.7 Å². The van der Waals surface area contributed by atoms with Crippen LogP contribution in [0, 0.1) is 0 Å². The van der Waals surface area contributed by atoms with Gasteiger partial charge in [0.2, 0.25) is 10.0 Å². The predicted octanol–water partition coefficient (Wildman–Crippen LogP) is 1.64. The van der Waals surface area contributed by atoms with Gasteiger partial charge in [0.15, 0.2) is 6.61 Å². The number of carbonyl (C=O) groups is 1. The molecule has 2 fully saturated rings. The Morgan fingerprint density at radius 2 is 1.86 bits per heavy atom. The number of para-hydroxylation sites is 1. The van der Waals surface area contributed by atoms with Crippen molar-refractivity contribution in [2.45, 2.75) is 56.2 Å². The van der Waals surface area contributed by atoms with Crippen LogP contribution in [0.2, 0.25) is 0 Å². The molecule has 1 saturated carbocycles. The molecule has 0 radical (unpaired) electrons. The standard InChI is InChI=1S/C20H28N2O5S/c1-28(24,25)21-17-10-11-22-18(17)12-26-15-8-6-14(7-9-15)16-4-2-3-5-19(16)27-13-20(22)23/h2-5,14-15,17-18,21H,6-13H2,1H3/t14?,15?,17?,18-/m0/s1. The van der Waals surface area contributed by atoms with E-state index in [-0.39, 0.29) is 30.7 Å². The van der Waals surface area contributed by atoms with E-state index in [4.69, 9.17) is 9.47 Å². The van der Waals surface area contributed by atoms with Crippen molar-refractivity contribution >= 4 is 15.9 Å². The van der Waals surface area contributed by atoms with Crippen LogP contribution in [0.25, 0.3) is 0 Å². The molecule has 8 heteroatoms. The number of rotatable bonds is 2. The number of benzene rings is 1. The van der Waals surface area contributed by atoms with Crippen LogP contribution in [-0.4, -0.2) is 63.4 Å². The summed E-state index contributed by atoms with van der Waals surface area (Å²) in [5.74, 6) is 1.07. The maximum absolute atomic E-state index is 12.9. The van der Waals surface area contributed by atoms with E-state index in [1.54, 1.807) is 4.90 Å². The van der Waals surface area contributed by atoms with E-state index in [1.807, 2.05) is 18.2 Å². The quantitative estimate of drug-likeness (QED) is 0.804. The number of nitrogens with zero attached hydrogens (tertiary/aromatic N) is 1. The van der Waals surface area contributed by atoms with E-state index >= 15 is 0 Å². The lowest BCUT2D eigenvalue weighted by molar-refractivity contribution is -0.136. The molecule has 1 unspecified atom stereocenters. The minimum Gasteiger partial charge on any atom is -0.483 e. The molecule has 0 spiro atoms. The average molecular weight is 409 g/mol. The maximum Gasteiger partial charge on any atom is 0.260 e. The summed E-state index contributed by atoms with van der Waals surface area (Å²) in [4.78, 5) is 14.6. The Hall–Kier alpha value is -1.64. The van der Waals surface area contributed by atoms with Crippen molar-refractivity contribution in [3.63, 3.8) is 0 Å². The first-order valence-corrected chi connectivity index (χ1v) is 11.9. The van der Waals surface area contributed by atoms with Gasteiger partial charge in [0.05, 0.1) is 25.0 Å². The minimum atomic E-state index is -3.36. The van der Waals surface area contributed by atoms with Gasteiger partial charge in [-0.05, 0) is 49.7 Å². The van der Waals surface area contributed by atoms with E-state index in [1.165, 1.54) is 5.56 Å². The molecule has 7 nitrogen and oxygen atoms in total. The molecular formula is C20H28N2O5S. The highest BCUT2D eigenvalue weighted by Crippen LogP contribution is 2.38. The highest BCUT2D eigenvalue weighted by atomic mass is 32.2. The number of nitrogens with one attached hydrogen (secondary N) is 1. The highest BCUT2D eigenvalue weighted by molar-refractivity contribution is 7.88. The molecule has 3 aliphatic heterocycles. The van der Waals surface area contributed by atoms with E-state index in [9.17, 15) is 13.2 Å². The second-order valence-corrected chi connectivity index (χ2v) is 9.85. The molecule has 28 heavy (non-hydrogen) atoms. The molecule has 1 aromatic rings. The Labute approximate surface area is 166 Å². The van der Waals surface area contributed by atoms with Crippen LogP contribution in [0.4, 0.5) is 0 Å². The number of sulfonamides is 1. The Bertz CT molecular complexity index is 820. The van der Waals surface area contributed by atoms with Crippen LogP contribution in [0.1, 0.15) is 43.6 Å². The van der Waals surface area contributed by atoms with Gasteiger partial charge in [0.25, 0.3) is 5.91 Å². The maximum atomic E-state index is 12.9. The van der Waals surface area contributed by atoms with Crippen molar-refractivity contribution < 1.29 is 22.7 Å². The fourth-order valence-corrected chi connectivity index (χ4v) is 5.55. The van der Waals surface area contributed by atoms with Gasteiger partial charge in [-0.25, -0.2) is 13.1 Å². The van der Waals surface area contributed by atoms with Crippen LogP contribution in [0.5, 0.6) is 5.75 Å². The number of hydrogen-bond donors (Lipinski definition) is 1. The number of carbonyl (C=O) groups excluding carboxylic acids is 1. The molecule has 1 aliphatic carbocycles. The minimum absolute atomic E-state index is 0.0464. The fraction of sp³-hybridized carbons (Fsp3) is 0.650. The topological polar surface area (TPSA) is 84.9 Å². The summed E-state index contributed by atoms with van der Waals surface area (Å²) in [6.07, 6.45) is 5.86. The molecule has 3 heterocycles. The second kappa shape index (κ2) is 8.00. The summed E-state index contributed by atoms with van der Waals surface area (Å²) in [5, 5.41) is 0. The first-order chi connectivity index (χ1) is 13.4. The number of hydrogen-bond acceptors (Lipinski definition) is 5. The van der Waals surface area contributed by atoms with Crippen molar-refractivity contribution in [1.82, 2.24) is 9.62 Å². The second-order valence-electron chi connectivity index (χ2n) is 8.07. The normalized spacial score (nSPS) is 31.2. The molecule has 4 aliphatic rings. The molecule has 1 N–H and O–H groups in total. The van der Waals surface area contributed by atoms with E-state index in [0.29, 0.717) is 25.5 Å². The number of ether oxygens (including phenoxy) is 2. The van der Waals surface area contributed by atoms with Gasteiger partial charge in [-0.2, -0.15) is 0 Å². The van der Waals surface area contributed by atoms with Crippen LogP contribution in [-0.2, 0) is 19.6 Å². The largest absolute Gasteiger partial charge is 0.483 e. The first kappa shape index (κ1) is 19.7. The van der Waals surface area contributed by atoms with Gasteiger partial charge in [0.1, 0.15) is 5.75 Å². The first-order valence-electron chi connectivity index (χ1n) is 10.0. The fourth-order valence-electron chi connectivity index (χ4n) is 4.73. The van der Waals surface area contributed by atoms with Crippen molar-refractivity contribution in [2.75, 3.05) is 26.0 Å². The Morgan fingerprint density at radius 1 is 1.11 bits per heavy atom. The van der Waals surface area contributed by atoms with Crippen LogP contribution in [0.15, 0.2) is 24.3 Å². The molecule has 0 aromatic heterocycles. The number of fused-ring (bicyclic) bond motifs is 5. The van der Waals surface area contributed by atoms with Gasteiger partial charge < -0.3 is 14.4 Å². The van der Waals surface area contributed by atoms with Crippen molar-refractivity contribution in [3.05, 3.63) is 29.8 Å². The molecule has 5 rings (SSSR count). The van der Waals surface area contributed by atoms with Crippen molar-refractivity contribution in [2.24, 2.45) is 0 Å². The third kappa shape index (κ3) is 4.34. The van der Waals surface area contributed by atoms with E-state index in [2.05, 4.69) is 10.8 Å². The smallest absolute Gasteiger partial charge is 0.260 e. The van der Waals surface area contributed by atoms with Gasteiger partial charge in [-0.1, -0.05) is 18.2 Å². The summed E-state index contributed by atoms with van der Waals surface area (Å²) in [6.45, 7) is 0.800. The van der Waals surface area contributed by atoms with Gasteiger partial charge in [-0.3, -0.25) is 4.79 Å². The monoisotopic (exact) mass is 408 g/mol. The Balaban J connectivity index is 1.59. The zero-order valence-corrected chi connectivity index (χ0v) is 17.0. The lowest BCUT2D eigenvalue weighted by Crippen LogP contribution is -2.50. The summed E-state index contributed by atoms with van der Waals surface area (Å²) in [7, 11) is -3.36. The molecular weight excluding hydrogens is 380 g/mol. The third-order valence-electron chi connectivity index (χ3n) is 6.12. The van der Waals surface area contributed by atoms with Gasteiger partial charge in [0, 0.05) is 12.6 Å². The lowest BCUT2D eigenvalue weighted by Gasteiger charge is -2.32. The van der Waals surface area contributed by atoms with Crippen LogP contribution in [0.3, 0.4) is 0 Å². The Kier molecular flexibility index (Phi) is 5.62. The zero-order chi connectivity index (χ0) is 19.7. The molecule has 1 saturated heterocycles. The van der Waals surface area contributed by atoms with Crippen LogP contribution < -0.4 is 9.46 Å². The zero-order valence-electron chi connectivity index (χ0n) is 16.2. The van der Waals surface area contributed by atoms with Crippen molar-refractivity contribution in [1.29, 1.82) is 0 Å². The highest BCUT2D eigenvalue weighted by Gasteiger charge is 2.39. The van der Waals surface area contributed by atoms with Crippen molar-refractivity contribution in [3.8, 4) is 5.75 Å². The predicted molar refractivity (Wildman–Crippen MR) is 105 cm³/mol. The van der Waals surface area contributed by atoms with Gasteiger partial charge >= 0.3 is 0 Å². The van der Waals surface area contributed by atoms with E-state index < -0.39 is 10.0 Å². The molecule has 2 atom stereocenters.